The SMILES string of the molecule is O=C(Nc1cccc(CN2CCCC2)c1)c1cn(-c2ccccc2)nn1. The first-order valence-corrected chi connectivity index (χ1v) is 8.88. The molecule has 132 valence electrons. The summed E-state index contributed by atoms with van der Waals surface area (Å²) in [5.74, 6) is -0.259. The molecule has 26 heavy (non-hydrogen) atoms. The first-order valence-electron chi connectivity index (χ1n) is 8.88. The molecule has 1 aliphatic rings. The van der Waals surface area contributed by atoms with Crippen LogP contribution in [0.15, 0.2) is 60.8 Å². The molecule has 0 bridgehead atoms. The molecular weight excluding hydrogens is 326 g/mol. The van der Waals surface area contributed by atoms with Crippen LogP contribution in [-0.2, 0) is 6.54 Å². The van der Waals surface area contributed by atoms with Crippen LogP contribution in [0.3, 0.4) is 0 Å². The molecule has 1 amide bonds. The molecule has 1 aliphatic heterocycles. The lowest BCUT2D eigenvalue weighted by atomic mass is 10.2. The van der Waals surface area contributed by atoms with Gasteiger partial charge in [0.15, 0.2) is 5.69 Å². The summed E-state index contributed by atoms with van der Waals surface area (Å²) in [7, 11) is 0. The molecule has 0 radical (unpaired) electrons. The summed E-state index contributed by atoms with van der Waals surface area (Å²) in [4.78, 5) is 14.9. The van der Waals surface area contributed by atoms with Crippen molar-refractivity contribution in [2.45, 2.75) is 19.4 Å². The summed E-state index contributed by atoms with van der Waals surface area (Å²) in [6, 6.07) is 17.6. The number of carbonyl (C=O) groups excluding carboxylic acids is 1. The highest BCUT2D eigenvalue weighted by atomic mass is 16.2. The Labute approximate surface area is 152 Å². The number of hydrogen-bond acceptors (Lipinski definition) is 4. The molecule has 0 saturated carbocycles. The lowest BCUT2D eigenvalue weighted by Gasteiger charge is -2.15. The Hall–Kier alpha value is -2.99. The maximum Gasteiger partial charge on any atom is 0.277 e. The summed E-state index contributed by atoms with van der Waals surface area (Å²) < 4.78 is 1.60. The summed E-state index contributed by atoms with van der Waals surface area (Å²) >= 11 is 0. The van der Waals surface area contributed by atoms with Gasteiger partial charge < -0.3 is 5.32 Å². The van der Waals surface area contributed by atoms with Crippen LogP contribution in [0.1, 0.15) is 28.9 Å². The number of hydrogen-bond donors (Lipinski definition) is 1. The third-order valence-corrected chi connectivity index (χ3v) is 4.54. The first-order chi connectivity index (χ1) is 12.8. The van der Waals surface area contributed by atoms with E-state index in [-0.39, 0.29) is 5.91 Å². The second-order valence-electron chi connectivity index (χ2n) is 6.52. The van der Waals surface area contributed by atoms with Crippen molar-refractivity contribution in [3.63, 3.8) is 0 Å². The van der Waals surface area contributed by atoms with E-state index in [1.54, 1.807) is 10.9 Å². The fourth-order valence-electron chi connectivity index (χ4n) is 3.22. The van der Waals surface area contributed by atoms with Crippen molar-refractivity contribution in [2.75, 3.05) is 18.4 Å². The standard InChI is InChI=1S/C20H21N5O/c26-20(19-15-25(23-22-19)18-9-2-1-3-10-18)21-17-8-6-7-16(13-17)14-24-11-4-5-12-24/h1-3,6-10,13,15H,4-5,11-12,14H2,(H,21,26). The van der Waals surface area contributed by atoms with E-state index >= 15 is 0 Å². The minimum Gasteiger partial charge on any atom is -0.321 e. The number of nitrogens with zero attached hydrogens (tertiary/aromatic N) is 4. The highest BCUT2D eigenvalue weighted by molar-refractivity contribution is 6.02. The van der Waals surface area contributed by atoms with Crippen molar-refractivity contribution >= 4 is 11.6 Å². The van der Waals surface area contributed by atoms with Crippen LogP contribution in [0.5, 0.6) is 0 Å². The van der Waals surface area contributed by atoms with Crippen molar-refractivity contribution in [1.82, 2.24) is 19.9 Å². The molecule has 2 heterocycles. The van der Waals surface area contributed by atoms with E-state index in [0.717, 1.165) is 31.0 Å². The van der Waals surface area contributed by atoms with Gasteiger partial charge in [-0.15, -0.1) is 5.10 Å². The molecule has 3 aromatic rings. The lowest BCUT2D eigenvalue weighted by molar-refractivity contribution is 0.102. The van der Waals surface area contributed by atoms with Gasteiger partial charge in [-0.05, 0) is 55.8 Å². The van der Waals surface area contributed by atoms with Gasteiger partial charge in [-0.1, -0.05) is 35.5 Å². The zero-order valence-electron chi connectivity index (χ0n) is 14.5. The van der Waals surface area contributed by atoms with Gasteiger partial charge in [0.25, 0.3) is 5.91 Å². The van der Waals surface area contributed by atoms with Crippen LogP contribution in [0.4, 0.5) is 5.69 Å². The third-order valence-electron chi connectivity index (χ3n) is 4.54. The number of carbonyl (C=O) groups is 1. The molecule has 0 aliphatic carbocycles. The van der Waals surface area contributed by atoms with E-state index < -0.39 is 0 Å². The van der Waals surface area contributed by atoms with Gasteiger partial charge in [0.2, 0.25) is 0 Å². The second kappa shape index (κ2) is 7.49. The average molecular weight is 347 g/mol. The maximum absolute atomic E-state index is 12.5. The Morgan fingerprint density at radius 2 is 1.85 bits per heavy atom. The van der Waals surface area contributed by atoms with Crippen LogP contribution >= 0.6 is 0 Å². The summed E-state index contributed by atoms with van der Waals surface area (Å²) in [5, 5.41) is 10.9. The molecule has 2 aromatic carbocycles. The predicted molar refractivity (Wildman–Crippen MR) is 100 cm³/mol. The fourth-order valence-corrected chi connectivity index (χ4v) is 3.22. The van der Waals surface area contributed by atoms with Crippen molar-refractivity contribution in [3.8, 4) is 5.69 Å². The van der Waals surface area contributed by atoms with Crippen LogP contribution < -0.4 is 5.32 Å². The van der Waals surface area contributed by atoms with Gasteiger partial charge in [0.05, 0.1) is 11.9 Å². The monoisotopic (exact) mass is 347 g/mol. The van der Waals surface area contributed by atoms with E-state index in [1.807, 2.05) is 48.5 Å². The van der Waals surface area contributed by atoms with E-state index in [2.05, 4.69) is 26.6 Å². The maximum atomic E-state index is 12.5. The summed E-state index contributed by atoms with van der Waals surface area (Å²) in [6.45, 7) is 3.23. The molecule has 1 fully saturated rings. The van der Waals surface area contributed by atoms with Crippen LogP contribution in [0.25, 0.3) is 5.69 Å². The predicted octanol–water partition coefficient (Wildman–Crippen LogP) is 3.12. The van der Waals surface area contributed by atoms with Crippen LogP contribution in [-0.4, -0.2) is 38.9 Å². The molecule has 0 unspecified atom stereocenters. The Morgan fingerprint density at radius 1 is 1.04 bits per heavy atom. The quantitative estimate of drug-likeness (QED) is 0.770. The van der Waals surface area contributed by atoms with Crippen molar-refractivity contribution in [3.05, 3.63) is 72.1 Å². The molecule has 1 aromatic heterocycles. The molecule has 1 saturated heterocycles. The zero-order valence-corrected chi connectivity index (χ0v) is 14.5. The number of para-hydroxylation sites is 1. The van der Waals surface area contributed by atoms with Gasteiger partial charge in [-0.3, -0.25) is 9.69 Å². The summed E-state index contributed by atoms with van der Waals surface area (Å²) in [5.41, 5.74) is 3.14. The number of aromatic nitrogens is 3. The smallest absolute Gasteiger partial charge is 0.277 e. The van der Waals surface area contributed by atoms with Gasteiger partial charge in [0, 0.05) is 12.2 Å². The molecule has 4 rings (SSSR count). The Bertz CT molecular complexity index is 884. The lowest BCUT2D eigenvalue weighted by Crippen LogP contribution is -2.18. The van der Waals surface area contributed by atoms with Gasteiger partial charge in [-0.25, -0.2) is 4.68 Å². The Balaban J connectivity index is 1.44. The molecular formula is C20H21N5O. The molecule has 0 atom stereocenters. The normalized spacial score (nSPS) is 14.5. The highest BCUT2D eigenvalue weighted by Crippen LogP contribution is 2.17. The molecule has 1 N–H and O–H groups in total. The van der Waals surface area contributed by atoms with Crippen molar-refractivity contribution in [1.29, 1.82) is 0 Å². The minimum absolute atomic E-state index is 0.259. The van der Waals surface area contributed by atoms with Gasteiger partial charge in [-0.2, -0.15) is 0 Å². The first kappa shape index (κ1) is 16.5. The average Bonchev–Trinajstić information content (AvgIpc) is 3.35. The fraction of sp³-hybridized carbons (Fsp3) is 0.250. The number of benzene rings is 2. The number of amides is 1. The third kappa shape index (κ3) is 3.81. The Morgan fingerprint density at radius 3 is 2.65 bits per heavy atom. The van der Waals surface area contributed by atoms with Crippen LogP contribution in [0.2, 0.25) is 0 Å². The van der Waals surface area contributed by atoms with E-state index in [9.17, 15) is 4.79 Å². The van der Waals surface area contributed by atoms with Crippen LogP contribution in [0, 0.1) is 0 Å². The number of likely N-dealkylation sites (tertiary alicyclic amines) is 1. The summed E-state index contributed by atoms with van der Waals surface area (Å²) in [6.07, 6.45) is 4.18. The zero-order chi connectivity index (χ0) is 17.8. The van der Waals surface area contributed by atoms with Gasteiger partial charge >= 0.3 is 0 Å². The van der Waals surface area contributed by atoms with Gasteiger partial charge in [0.1, 0.15) is 0 Å². The Kier molecular flexibility index (Phi) is 4.75. The van der Waals surface area contributed by atoms with Crippen molar-refractivity contribution < 1.29 is 4.79 Å². The number of nitrogens with one attached hydrogen (secondary N) is 1. The highest BCUT2D eigenvalue weighted by Gasteiger charge is 2.14. The number of anilines is 1. The van der Waals surface area contributed by atoms with Crippen molar-refractivity contribution in [2.24, 2.45) is 0 Å². The molecule has 0 spiro atoms. The minimum atomic E-state index is -0.259. The topological polar surface area (TPSA) is 63.1 Å². The largest absolute Gasteiger partial charge is 0.321 e. The molecule has 6 nitrogen and oxygen atoms in total. The van der Waals surface area contributed by atoms with E-state index in [0.29, 0.717) is 5.69 Å². The number of rotatable bonds is 5. The second-order valence-corrected chi connectivity index (χ2v) is 6.52. The molecule has 6 heteroatoms. The van der Waals surface area contributed by atoms with E-state index in [4.69, 9.17) is 0 Å². The van der Waals surface area contributed by atoms with E-state index in [1.165, 1.54) is 18.4 Å².